The maximum absolute atomic E-state index is 10.9. The van der Waals surface area contributed by atoms with Crippen molar-refractivity contribution in [3.8, 4) is 11.1 Å². The number of hydrogen-bond donors (Lipinski definition) is 0. The molecule has 258 valence electrons. The Hall–Kier alpha value is -6.92. The Bertz CT molecular complexity index is 2260. The third kappa shape index (κ3) is 7.87. The molecular formula is C47H36N2O4. The van der Waals surface area contributed by atoms with Crippen molar-refractivity contribution in [1.29, 1.82) is 0 Å². The predicted molar refractivity (Wildman–Crippen MR) is 219 cm³/mol. The van der Waals surface area contributed by atoms with Gasteiger partial charge in [-0.3, -0.25) is 20.2 Å². The van der Waals surface area contributed by atoms with Gasteiger partial charge < -0.3 is 0 Å². The molecule has 0 atom stereocenters. The summed E-state index contributed by atoms with van der Waals surface area (Å²) in [5.74, 6) is 0. The van der Waals surface area contributed by atoms with Crippen LogP contribution in [0.1, 0.15) is 69.5 Å². The lowest BCUT2D eigenvalue weighted by molar-refractivity contribution is -0.385. The van der Waals surface area contributed by atoms with E-state index in [9.17, 15) is 20.2 Å². The van der Waals surface area contributed by atoms with Crippen molar-refractivity contribution >= 4 is 60.0 Å². The third-order valence-corrected chi connectivity index (χ3v) is 9.68. The first-order valence-corrected chi connectivity index (χ1v) is 17.3. The summed E-state index contributed by atoms with van der Waals surface area (Å²) in [6, 6.07) is 43.1. The van der Waals surface area contributed by atoms with Crippen molar-refractivity contribution < 1.29 is 9.85 Å². The smallest absolute Gasteiger partial charge is 0.258 e. The Labute approximate surface area is 308 Å². The average Bonchev–Trinajstić information content (AvgIpc) is 3.40. The van der Waals surface area contributed by atoms with Crippen LogP contribution in [0.25, 0.3) is 59.7 Å². The van der Waals surface area contributed by atoms with Gasteiger partial charge in [-0.1, -0.05) is 147 Å². The molecule has 0 aliphatic heterocycles. The summed E-state index contributed by atoms with van der Waals surface area (Å²) in [4.78, 5) is 21.0. The second-order valence-corrected chi connectivity index (χ2v) is 13.6. The fraction of sp³-hybridized carbons (Fsp3) is 0.0638. The zero-order valence-corrected chi connectivity index (χ0v) is 29.3. The number of hydrogen-bond acceptors (Lipinski definition) is 4. The molecule has 1 aliphatic rings. The van der Waals surface area contributed by atoms with Crippen LogP contribution in [0.4, 0.5) is 11.4 Å². The molecule has 0 aromatic heterocycles. The summed E-state index contributed by atoms with van der Waals surface area (Å²) in [7, 11) is 0. The van der Waals surface area contributed by atoms with E-state index in [4.69, 9.17) is 0 Å². The molecule has 6 aromatic carbocycles. The van der Waals surface area contributed by atoms with Crippen LogP contribution in [0.3, 0.4) is 0 Å². The molecule has 6 aromatic rings. The van der Waals surface area contributed by atoms with Crippen molar-refractivity contribution in [1.82, 2.24) is 0 Å². The van der Waals surface area contributed by atoms with Crippen LogP contribution in [-0.2, 0) is 5.41 Å². The Morgan fingerprint density at radius 2 is 0.604 bits per heavy atom. The summed E-state index contributed by atoms with van der Waals surface area (Å²) in [5.41, 5.74) is 13.6. The van der Waals surface area contributed by atoms with Crippen LogP contribution < -0.4 is 0 Å². The second kappa shape index (κ2) is 14.7. The van der Waals surface area contributed by atoms with Crippen LogP contribution in [0.15, 0.2) is 133 Å². The minimum atomic E-state index is -0.393. The van der Waals surface area contributed by atoms with Gasteiger partial charge in [0.2, 0.25) is 0 Å². The quantitative estimate of drug-likeness (QED) is 0.0812. The van der Waals surface area contributed by atoms with E-state index in [1.54, 1.807) is 24.3 Å². The molecule has 53 heavy (non-hydrogen) atoms. The first-order chi connectivity index (χ1) is 25.6. The molecule has 0 fully saturated rings. The van der Waals surface area contributed by atoms with E-state index in [1.807, 2.05) is 24.3 Å². The molecule has 6 nitrogen and oxygen atoms in total. The van der Waals surface area contributed by atoms with E-state index in [2.05, 4.69) is 123 Å². The summed E-state index contributed by atoms with van der Waals surface area (Å²) in [5, 5.41) is 21.8. The lowest BCUT2D eigenvalue weighted by Gasteiger charge is -2.22. The summed E-state index contributed by atoms with van der Waals surface area (Å²) >= 11 is 0. The maximum Gasteiger partial charge on any atom is 0.269 e. The zero-order chi connectivity index (χ0) is 37.0. The highest BCUT2D eigenvalue weighted by Gasteiger charge is 2.35. The van der Waals surface area contributed by atoms with Crippen LogP contribution in [0.2, 0.25) is 0 Å². The van der Waals surface area contributed by atoms with Crippen molar-refractivity contribution in [3.63, 3.8) is 0 Å². The number of nitrogens with zero attached hydrogens (tertiary/aromatic N) is 2. The van der Waals surface area contributed by atoms with Crippen LogP contribution in [-0.4, -0.2) is 9.85 Å². The average molecular weight is 693 g/mol. The fourth-order valence-corrected chi connectivity index (χ4v) is 6.60. The first-order valence-electron chi connectivity index (χ1n) is 17.3. The topological polar surface area (TPSA) is 86.3 Å². The van der Waals surface area contributed by atoms with Crippen molar-refractivity contribution in [2.45, 2.75) is 19.3 Å². The van der Waals surface area contributed by atoms with E-state index in [-0.39, 0.29) is 16.8 Å². The molecule has 0 N–H and O–H groups in total. The molecule has 7 rings (SSSR count). The van der Waals surface area contributed by atoms with Crippen LogP contribution in [0.5, 0.6) is 0 Å². The van der Waals surface area contributed by atoms with Gasteiger partial charge in [-0.15, -0.1) is 0 Å². The molecule has 0 saturated carbocycles. The van der Waals surface area contributed by atoms with Crippen molar-refractivity contribution in [2.24, 2.45) is 0 Å². The van der Waals surface area contributed by atoms with Crippen LogP contribution in [0, 0.1) is 20.2 Å². The molecule has 0 unspecified atom stereocenters. The molecule has 1 aliphatic carbocycles. The first kappa shape index (κ1) is 34.5. The molecule has 0 amide bonds. The van der Waals surface area contributed by atoms with Crippen molar-refractivity contribution in [2.75, 3.05) is 0 Å². The highest BCUT2D eigenvalue weighted by Crippen LogP contribution is 2.49. The molecular weight excluding hydrogens is 657 g/mol. The third-order valence-electron chi connectivity index (χ3n) is 9.68. The Morgan fingerprint density at radius 3 is 0.868 bits per heavy atom. The van der Waals surface area contributed by atoms with Gasteiger partial charge >= 0.3 is 0 Å². The summed E-state index contributed by atoms with van der Waals surface area (Å²) in [6.07, 6.45) is 16.5. The van der Waals surface area contributed by atoms with E-state index < -0.39 is 9.85 Å². The molecule has 0 saturated heterocycles. The minimum absolute atomic E-state index is 0.0859. The largest absolute Gasteiger partial charge is 0.269 e. The summed E-state index contributed by atoms with van der Waals surface area (Å²) in [6.45, 7) is 4.59. The van der Waals surface area contributed by atoms with Crippen LogP contribution >= 0.6 is 0 Å². The molecule has 6 heteroatoms. The molecule has 0 heterocycles. The second-order valence-electron chi connectivity index (χ2n) is 13.6. The maximum atomic E-state index is 10.9. The normalized spacial score (nSPS) is 13.2. The van der Waals surface area contributed by atoms with Gasteiger partial charge in [-0.2, -0.15) is 0 Å². The van der Waals surface area contributed by atoms with Gasteiger partial charge in [0.05, 0.1) is 9.85 Å². The van der Waals surface area contributed by atoms with Gasteiger partial charge in [-0.25, -0.2) is 0 Å². The minimum Gasteiger partial charge on any atom is -0.258 e. The SMILES string of the molecule is CC1(C)c2cc(/C=C/c3ccc(/C=C/c4ccc([N+](=O)[O-])cc4)cc3)ccc2-c2ccc(/C=C/c3ccc(/C=C/c4ccc([N+](=O)[O-])cc4)cc3)cc21. The Morgan fingerprint density at radius 1 is 0.377 bits per heavy atom. The van der Waals surface area contributed by atoms with Gasteiger partial charge in [0, 0.05) is 29.7 Å². The highest BCUT2D eigenvalue weighted by atomic mass is 16.6. The molecule has 0 spiro atoms. The van der Waals surface area contributed by atoms with E-state index >= 15 is 0 Å². The van der Waals surface area contributed by atoms with Gasteiger partial charge in [0.1, 0.15) is 0 Å². The highest BCUT2D eigenvalue weighted by molar-refractivity contribution is 5.85. The summed E-state index contributed by atoms with van der Waals surface area (Å²) < 4.78 is 0. The predicted octanol–water partition coefficient (Wildman–Crippen LogP) is 12.5. The number of non-ortho nitro benzene ring substituents is 2. The van der Waals surface area contributed by atoms with Gasteiger partial charge in [-0.05, 0) is 91.0 Å². The molecule has 0 bridgehead atoms. The monoisotopic (exact) mass is 692 g/mol. The van der Waals surface area contributed by atoms with Gasteiger partial charge in [0.15, 0.2) is 0 Å². The van der Waals surface area contributed by atoms with Crippen molar-refractivity contribution in [3.05, 3.63) is 209 Å². The number of nitro benzene ring substituents is 2. The Kier molecular flexibility index (Phi) is 9.60. The van der Waals surface area contributed by atoms with E-state index in [0.29, 0.717) is 0 Å². The lowest BCUT2D eigenvalue weighted by Crippen LogP contribution is -2.15. The fourth-order valence-electron chi connectivity index (χ4n) is 6.60. The zero-order valence-electron chi connectivity index (χ0n) is 29.3. The number of benzene rings is 6. The van der Waals surface area contributed by atoms with E-state index in [1.165, 1.54) is 46.5 Å². The lowest BCUT2D eigenvalue weighted by atomic mass is 9.81. The van der Waals surface area contributed by atoms with Gasteiger partial charge in [0.25, 0.3) is 11.4 Å². The number of nitro groups is 2. The number of fused-ring (bicyclic) bond motifs is 3. The Balaban J connectivity index is 0.995. The standard InChI is InChI=1S/C47H36N2O4/c1-47(2)45-31-39(17-15-35-7-3-33(4-8-35)11-13-37-19-25-41(26-20-37)48(50)51)23-29-43(45)44-30-24-40(32-46(44)47)18-16-36-9-5-34(6-10-36)12-14-38-21-27-42(28-22-38)49(52)53/h3-32H,1-2H3/b13-11+,14-12+,17-15+,18-16+. The molecule has 0 radical (unpaired) electrons. The number of rotatable bonds is 10. The van der Waals surface area contributed by atoms with E-state index in [0.717, 1.165) is 44.5 Å².